The Morgan fingerprint density at radius 1 is 1.32 bits per heavy atom. The fraction of sp³-hybridized carbons (Fsp3) is 0.308. The molecule has 0 radical (unpaired) electrons. The van der Waals surface area contributed by atoms with Crippen LogP contribution >= 0.6 is 0 Å². The molecule has 0 fully saturated rings. The summed E-state index contributed by atoms with van der Waals surface area (Å²) < 4.78 is 1.42. The standard InChI is InChI=1S/C13H17N5O/c1-14-5-6-16-12-7-13(19)18(17-9-12)10-11-3-2-4-15-8-11/h2-4,7-9,14,16H,5-6,10H2,1H3. The fourth-order valence-electron chi connectivity index (χ4n) is 1.65. The minimum Gasteiger partial charge on any atom is -0.382 e. The van der Waals surface area contributed by atoms with Gasteiger partial charge in [0.2, 0.25) is 0 Å². The van der Waals surface area contributed by atoms with Gasteiger partial charge in [-0.3, -0.25) is 9.78 Å². The predicted molar refractivity (Wildman–Crippen MR) is 74.3 cm³/mol. The van der Waals surface area contributed by atoms with Gasteiger partial charge in [0, 0.05) is 31.5 Å². The Morgan fingerprint density at radius 3 is 2.89 bits per heavy atom. The molecule has 6 heteroatoms. The van der Waals surface area contributed by atoms with E-state index >= 15 is 0 Å². The highest BCUT2D eigenvalue weighted by molar-refractivity contribution is 5.38. The maximum atomic E-state index is 11.9. The van der Waals surface area contributed by atoms with Gasteiger partial charge >= 0.3 is 0 Å². The molecule has 100 valence electrons. The largest absolute Gasteiger partial charge is 0.382 e. The van der Waals surface area contributed by atoms with Crippen LogP contribution in [0.25, 0.3) is 0 Å². The number of pyridine rings is 1. The summed E-state index contributed by atoms with van der Waals surface area (Å²) in [6, 6.07) is 5.31. The number of hydrogen-bond acceptors (Lipinski definition) is 5. The third-order valence-electron chi connectivity index (χ3n) is 2.63. The number of hydrogen-bond donors (Lipinski definition) is 2. The zero-order valence-corrected chi connectivity index (χ0v) is 10.8. The van der Waals surface area contributed by atoms with E-state index in [1.165, 1.54) is 4.68 Å². The molecule has 0 amide bonds. The van der Waals surface area contributed by atoms with Crippen LogP contribution in [0.3, 0.4) is 0 Å². The van der Waals surface area contributed by atoms with Gasteiger partial charge in [-0.15, -0.1) is 0 Å². The lowest BCUT2D eigenvalue weighted by atomic mass is 10.3. The molecule has 0 bridgehead atoms. The number of aromatic nitrogens is 3. The van der Waals surface area contributed by atoms with E-state index in [-0.39, 0.29) is 5.56 Å². The highest BCUT2D eigenvalue weighted by Crippen LogP contribution is 2.01. The molecule has 0 unspecified atom stereocenters. The van der Waals surface area contributed by atoms with Gasteiger partial charge in [0.15, 0.2) is 0 Å². The van der Waals surface area contributed by atoms with E-state index in [9.17, 15) is 4.79 Å². The van der Waals surface area contributed by atoms with E-state index < -0.39 is 0 Å². The maximum Gasteiger partial charge on any atom is 0.269 e. The quantitative estimate of drug-likeness (QED) is 0.731. The van der Waals surface area contributed by atoms with Crippen molar-refractivity contribution in [2.45, 2.75) is 6.54 Å². The Balaban J connectivity index is 2.05. The first-order valence-electron chi connectivity index (χ1n) is 6.14. The lowest BCUT2D eigenvalue weighted by Crippen LogP contribution is -2.24. The average Bonchev–Trinajstić information content (AvgIpc) is 2.43. The van der Waals surface area contributed by atoms with Gasteiger partial charge in [0.1, 0.15) is 0 Å². The van der Waals surface area contributed by atoms with Crippen LogP contribution in [0.1, 0.15) is 5.56 Å². The summed E-state index contributed by atoms with van der Waals surface area (Å²) in [6.45, 7) is 2.02. The van der Waals surface area contributed by atoms with E-state index in [0.29, 0.717) is 6.54 Å². The van der Waals surface area contributed by atoms with Crippen LogP contribution in [-0.4, -0.2) is 34.9 Å². The van der Waals surface area contributed by atoms with Crippen LogP contribution in [0.5, 0.6) is 0 Å². The molecule has 0 saturated carbocycles. The molecule has 0 aliphatic carbocycles. The van der Waals surface area contributed by atoms with Crippen LogP contribution in [0.4, 0.5) is 5.69 Å². The predicted octanol–water partition coefficient (Wildman–Crippen LogP) is 0.318. The van der Waals surface area contributed by atoms with E-state index in [2.05, 4.69) is 20.7 Å². The second kappa shape index (κ2) is 6.65. The minimum atomic E-state index is -0.127. The van der Waals surface area contributed by atoms with Crippen molar-refractivity contribution in [1.82, 2.24) is 20.1 Å². The second-order valence-corrected chi connectivity index (χ2v) is 4.13. The van der Waals surface area contributed by atoms with Crippen LogP contribution in [0.15, 0.2) is 41.6 Å². The Bertz CT molecular complexity index is 567. The first-order chi connectivity index (χ1) is 9.29. The van der Waals surface area contributed by atoms with Crippen molar-refractivity contribution < 1.29 is 0 Å². The normalized spacial score (nSPS) is 10.4. The Kier molecular flexibility index (Phi) is 4.63. The fourth-order valence-corrected chi connectivity index (χ4v) is 1.65. The number of likely N-dealkylation sites (N-methyl/N-ethyl adjacent to an activating group) is 1. The molecule has 0 aliphatic heterocycles. The summed E-state index contributed by atoms with van der Waals surface area (Å²) in [7, 11) is 1.88. The number of rotatable bonds is 6. The molecular formula is C13H17N5O. The molecule has 19 heavy (non-hydrogen) atoms. The Morgan fingerprint density at radius 2 is 2.21 bits per heavy atom. The number of nitrogens with zero attached hydrogens (tertiary/aromatic N) is 3. The summed E-state index contributed by atoms with van der Waals surface area (Å²) in [5, 5.41) is 10.3. The summed E-state index contributed by atoms with van der Waals surface area (Å²) in [4.78, 5) is 15.9. The van der Waals surface area contributed by atoms with Gasteiger partial charge < -0.3 is 10.6 Å². The van der Waals surface area contributed by atoms with Gasteiger partial charge in [-0.25, -0.2) is 4.68 Å². The van der Waals surface area contributed by atoms with Crippen LogP contribution in [-0.2, 0) is 6.54 Å². The van der Waals surface area contributed by atoms with Crippen LogP contribution in [0, 0.1) is 0 Å². The lowest BCUT2D eigenvalue weighted by molar-refractivity contribution is 0.638. The van der Waals surface area contributed by atoms with Gasteiger partial charge in [-0.05, 0) is 18.7 Å². The van der Waals surface area contributed by atoms with Crippen molar-refractivity contribution >= 4 is 5.69 Å². The molecule has 0 spiro atoms. The zero-order valence-electron chi connectivity index (χ0n) is 10.8. The van der Waals surface area contributed by atoms with Crippen molar-refractivity contribution in [2.24, 2.45) is 0 Å². The van der Waals surface area contributed by atoms with Crippen LogP contribution < -0.4 is 16.2 Å². The monoisotopic (exact) mass is 259 g/mol. The third-order valence-corrected chi connectivity index (χ3v) is 2.63. The molecule has 2 aromatic rings. The SMILES string of the molecule is CNCCNc1cnn(Cc2cccnc2)c(=O)c1. The zero-order chi connectivity index (χ0) is 13.5. The van der Waals surface area contributed by atoms with Gasteiger partial charge in [0.05, 0.1) is 18.4 Å². The molecule has 2 heterocycles. The molecule has 0 aliphatic rings. The van der Waals surface area contributed by atoms with Crippen molar-refractivity contribution in [3.05, 3.63) is 52.7 Å². The van der Waals surface area contributed by atoms with E-state index in [4.69, 9.17) is 0 Å². The molecule has 2 aromatic heterocycles. The molecule has 0 saturated heterocycles. The first-order valence-corrected chi connectivity index (χ1v) is 6.14. The van der Waals surface area contributed by atoms with Crippen molar-refractivity contribution in [3.8, 4) is 0 Å². The number of nitrogens with one attached hydrogen (secondary N) is 2. The summed E-state index contributed by atoms with van der Waals surface area (Å²) >= 11 is 0. The Labute approximate surface area is 111 Å². The van der Waals surface area contributed by atoms with Crippen LogP contribution in [0.2, 0.25) is 0 Å². The minimum absolute atomic E-state index is 0.127. The van der Waals surface area contributed by atoms with Gasteiger partial charge in [0.25, 0.3) is 5.56 Å². The van der Waals surface area contributed by atoms with Gasteiger partial charge in [-0.2, -0.15) is 5.10 Å². The van der Waals surface area contributed by atoms with E-state index in [0.717, 1.165) is 24.3 Å². The smallest absolute Gasteiger partial charge is 0.269 e. The van der Waals surface area contributed by atoms with E-state index in [1.807, 2.05) is 19.2 Å². The molecule has 0 atom stereocenters. The molecule has 0 aromatic carbocycles. The molecule has 2 rings (SSSR count). The summed E-state index contributed by atoms with van der Waals surface area (Å²) in [5.74, 6) is 0. The Hall–Kier alpha value is -2.21. The van der Waals surface area contributed by atoms with Crippen molar-refractivity contribution in [2.75, 3.05) is 25.5 Å². The maximum absolute atomic E-state index is 11.9. The van der Waals surface area contributed by atoms with Crippen molar-refractivity contribution in [1.29, 1.82) is 0 Å². The first kappa shape index (κ1) is 13.2. The lowest BCUT2D eigenvalue weighted by Gasteiger charge is -2.07. The average molecular weight is 259 g/mol. The van der Waals surface area contributed by atoms with E-state index in [1.54, 1.807) is 24.7 Å². The van der Waals surface area contributed by atoms with Gasteiger partial charge in [-0.1, -0.05) is 6.07 Å². The summed E-state index contributed by atoms with van der Waals surface area (Å²) in [6.07, 6.45) is 5.09. The number of anilines is 1. The third kappa shape index (κ3) is 3.89. The highest BCUT2D eigenvalue weighted by atomic mass is 16.1. The highest BCUT2D eigenvalue weighted by Gasteiger charge is 2.01. The molecule has 6 nitrogen and oxygen atoms in total. The molecule has 2 N–H and O–H groups in total. The van der Waals surface area contributed by atoms with Crippen molar-refractivity contribution in [3.63, 3.8) is 0 Å². The second-order valence-electron chi connectivity index (χ2n) is 4.13. The topological polar surface area (TPSA) is 71.8 Å². The summed E-state index contributed by atoms with van der Waals surface area (Å²) in [5.41, 5.74) is 1.56. The molecular weight excluding hydrogens is 242 g/mol.